The molecule has 1 aromatic carbocycles. The maximum absolute atomic E-state index is 12.4. The molecule has 1 aromatic heterocycles. The molecule has 1 aliphatic rings. The summed E-state index contributed by atoms with van der Waals surface area (Å²) in [5.41, 5.74) is 0.907. The van der Waals surface area contributed by atoms with Crippen LogP contribution in [0.15, 0.2) is 36.5 Å². The Hall–Kier alpha value is -2.60. The lowest BCUT2D eigenvalue weighted by Crippen LogP contribution is -2.27. The normalized spacial score (nSPS) is 13.2. The molecule has 2 aromatic rings. The Balaban J connectivity index is 1.85. The Morgan fingerprint density at radius 1 is 1.21 bits per heavy atom. The maximum Gasteiger partial charge on any atom is 0.274 e. The Bertz CT molecular complexity index is 790. The topological polar surface area (TPSA) is 80.3 Å². The minimum Gasteiger partial charge on any atom is -0.497 e. The zero-order chi connectivity index (χ0) is 17.1. The van der Waals surface area contributed by atoms with E-state index in [-0.39, 0.29) is 17.6 Å². The van der Waals surface area contributed by atoms with Crippen molar-refractivity contribution in [3.8, 4) is 5.75 Å². The molecule has 2 amide bonds. The first kappa shape index (κ1) is 16.3. The number of pyridine rings is 1. The number of amides is 2. The summed E-state index contributed by atoms with van der Waals surface area (Å²) in [6.07, 6.45) is 3.40. The zero-order valence-electron chi connectivity index (χ0n) is 13.0. The van der Waals surface area contributed by atoms with Gasteiger partial charge in [0, 0.05) is 17.3 Å². The molecule has 7 heteroatoms. The molecule has 0 saturated heterocycles. The quantitative estimate of drug-likeness (QED) is 0.873. The van der Waals surface area contributed by atoms with Gasteiger partial charge in [-0.3, -0.25) is 14.6 Å². The van der Waals surface area contributed by atoms with Crippen molar-refractivity contribution in [1.29, 1.82) is 0 Å². The van der Waals surface area contributed by atoms with E-state index in [9.17, 15) is 9.59 Å². The van der Waals surface area contributed by atoms with Crippen molar-refractivity contribution in [2.45, 2.75) is 18.9 Å². The second-order valence-electron chi connectivity index (χ2n) is 5.47. The van der Waals surface area contributed by atoms with Gasteiger partial charge >= 0.3 is 0 Å². The fourth-order valence-electron chi connectivity index (χ4n) is 2.15. The summed E-state index contributed by atoms with van der Waals surface area (Å²) in [6, 6.07) is 8.16. The van der Waals surface area contributed by atoms with Crippen LogP contribution < -0.4 is 15.4 Å². The number of hydrogen-bond acceptors (Lipinski definition) is 4. The number of halogens is 1. The predicted octanol–water partition coefficient (Wildman–Crippen LogP) is 2.89. The summed E-state index contributed by atoms with van der Waals surface area (Å²) in [6.45, 7) is 0. The van der Waals surface area contributed by atoms with Gasteiger partial charge in [-0.25, -0.2) is 0 Å². The first-order valence-electron chi connectivity index (χ1n) is 7.48. The van der Waals surface area contributed by atoms with Crippen LogP contribution in [0.3, 0.4) is 0 Å². The summed E-state index contributed by atoms with van der Waals surface area (Å²) in [7, 11) is 1.52. The number of carbonyl (C=O) groups is 2. The second kappa shape index (κ2) is 6.88. The van der Waals surface area contributed by atoms with E-state index in [0.29, 0.717) is 22.0 Å². The lowest BCUT2D eigenvalue weighted by molar-refractivity contribution is 0.0951. The van der Waals surface area contributed by atoms with Crippen molar-refractivity contribution in [2.75, 3.05) is 12.4 Å². The van der Waals surface area contributed by atoms with Gasteiger partial charge in [-0.2, -0.15) is 0 Å². The SMILES string of the molecule is COc1ccc(NC(=O)c2cc(Cl)ccn2)c(C(=O)NC2CC2)c1. The molecule has 6 nitrogen and oxygen atoms in total. The first-order valence-corrected chi connectivity index (χ1v) is 7.86. The largest absolute Gasteiger partial charge is 0.497 e. The summed E-state index contributed by atoms with van der Waals surface area (Å²) < 4.78 is 5.16. The van der Waals surface area contributed by atoms with Crippen LogP contribution in [0.2, 0.25) is 5.02 Å². The lowest BCUT2D eigenvalue weighted by atomic mass is 10.1. The number of methoxy groups -OCH3 is 1. The van der Waals surface area contributed by atoms with Gasteiger partial charge in [-0.15, -0.1) is 0 Å². The highest BCUT2D eigenvalue weighted by Gasteiger charge is 2.25. The number of ether oxygens (including phenoxy) is 1. The first-order chi connectivity index (χ1) is 11.6. The van der Waals surface area contributed by atoms with Crippen molar-refractivity contribution >= 4 is 29.1 Å². The third-order valence-corrected chi connectivity index (χ3v) is 3.82. The average Bonchev–Trinajstić information content (AvgIpc) is 3.39. The fourth-order valence-corrected chi connectivity index (χ4v) is 2.31. The van der Waals surface area contributed by atoms with E-state index in [1.165, 1.54) is 19.4 Å². The lowest BCUT2D eigenvalue weighted by Gasteiger charge is -2.12. The number of anilines is 1. The minimum atomic E-state index is -0.442. The van der Waals surface area contributed by atoms with Crippen LogP contribution >= 0.6 is 11.6 Å². The number of nitrogens with one attached hydrogen (secondary N) is 2. The van der Waals surface area contributed by atoms with Gasteiger partial charge in [0.1, 0.15) is 11.4 Å². The molecular weight excluding hydrogens is 330 g/mol. The highest BCUT2D eigenvalue weighted by atomic mass is 35.5. The summed E-state index contributed by atoms with van der Waals surface area (Å²) in [5, 5.41) is 6.02. The van der Waals surface area contributed by atoms with Crippen LogP contribution in [0.1, 0.15) is 33.7 Å². The average molecular weight is 346 g/mol. The molecule has 0 spiro atoms. The Morgan fingerprint density at radius 2 is 2.00 bits per heavy atom. The van der Waals surface area contributed by atoms with Gasteiger partial charge in [0.15, 0.2) is 0 Å². The Kier molecular flexibility index (Phi) is 4.66. The van der Waals surface area contributed by atoms with E-state index in [1.807, 2.05) is 0 Å². The molecule has 1 saturated carbocycles. The zero-order valence-corrected chi connectivity index (χ0v) is 13.8. The van der Waals surface area contributed by atoms with E-state index in [2.05, 4.69) is 15.6 Å². The van der Waals surface area contributed by atoms with Gasteiger partial charge in [0.25, 0.3) is 11.8 Å². The van der Waals surface area contributed by atoms with E-state index in [0.717, 1.165) is 12.8 Å². The third kappa shape index (κ3) is 3.83. The second-order valence-corrected chi connectivity index (χ2v) is 5.91. The number of benzene rings is 1. The molecular formula is C17H16ClN3O3. The van der Waals surface area contributed by atoms with Crippen LogP contribution in [0.5, 0.6) is 5.75 Å². The maximum atomic E-state index is 12.4. The highest BCUT2D eigenvalue weighted by Crippen LogP contribution is 2.25. The van der Waals surface area contributed by atoms with E-state index >= 15 is 0 Å². The number of nitrogens with zero attached hydrogens (tertiary/aromatic N) is 1. The van der Waals surface area contributed by atoms with E-state index in [4.69, 9.17) is 16.3 Å². The molecule has 24 heavy (non-hydrogen) atoms. The number of rotatable bonds is 5. The van der Waals surface area contributed by atoms with Crippen LogP contribution in [0.4, 0.5) is 5.69 Å². The summed E-state index contributed by atoms with van der Waals surface area (Å²) >= 11 is 5.88. The monoisotopic (exact) mass is 345 g/mol. The molecule has 0 atom stereocenters. The molecule has 0 bridgehead atoms. The molecule has 1 fully saturated rings. The molecule has 124 valence electrons. The highest BCUT2D eigenvalue weighted by molar-refractivity contribution is 6.31. The summed E-state index contributed by atoms with van der Waals surface area (Å²) in [4.78, 5) is 28.7. The molecule has 1 aliphatic carbocycles. The third-order valence-electron chi connectivity index (χ3n) is 3.59. The molecule has 1 heterocycles. The Morgan fingerprint density at radius 3 is 2.67 bits per heavy atom. The van der Waals surface area contributed by atoms with E-state index < -0.39 is 5.91 Å². The number of aromatic nitrogens is 1. The van der Waals surface area contributed by atoms with Crippen molar-refractivity contribution in [3.63, 3.8) is 0 Å². The Labute approximate surface area is 144 Å². The van der Waals surface area contributed by atoms with E-state index in [1.54, 1.807) is 24.3 Å². The number of carbonyl (C=O) groups excluding carboxylic acids is 2. The fraction of sp³-hybridized carbons (Fsp3) is 0.235. The van der Waals surface area contributed by atoms with Crippen LogP contribution in [0.25, 0.3) is 0 Å². The molecule has 0 radical (unpaired) electrons. The number of hydrogen-bond donors (Lipinski definition) is 2. The molecule has 2 N–H and O–H groups in total. The van der Waals surface area contributed by atoms with Crippen molar-refractivity contribution in [1.82, 2.24) is 10.3 Å². The van der Waals surface area contributed by atoms with Gasteiger partial charge < -0.3 is 15.4 Å². The van der Waals surface area contributed by atoms with Crippen molar-refractivity contribution in [3.05, 3.63) is 52.8 Å². The van der Waals surface area contributed by atoms with Gasteiger partial charge in [0.2, 0.25) is 0 Å². The van der Waals surface area contributed by atoms with Crippen LogP contribution in [0, 0.1) is 0 Å². The van der Waals surface area contributed by atoms with Gasteiger partial charge in [0.05, 0.1) is 18.4 Å². The van der Waals surface area contributed by atoms with Crippen molar-refractivity contribution in [2.24, 2.45) is 0 Å². The van der Waals surface area contributed by atoms with Gasteiger partial charge in [-0.1, -0.05) is 11.6 Å². The van der Waals surface area contributed by atoms with Gasteiger partial charge in [-0.05, 0) is 43.2 Å². The summed E-state index contributed by atoms with van der Waals surface area (Å²) in [5.74, 6) is -0.149. The molecule has 0 unspecified atom stereocenters. The molecule has 0 aliphatic heterocycles. The molecule has 3 rings (SSSR count). The standard InChI is InChI=1S/C17H16ClN3O3/c1-24-12-4-5-14(13(9-12)16(22)20-11-2-3-11)21-17(23)15-8-10(18)6-7-19-15/h4-9,11H,2-3H2,1H3,(H,20,22)(H,21,23). The smallest absolute Gasteiger partial charge is 0.274 e. The van der Waals surface area contributed by atoms with Crippen molar-refractivity contribution < 1.29 is 14.3 Å². The van der Waals surface area contributed by atoms with Crippen LogP contribution in [-0.2, 0) is 0 Å². The predicted molar refractivity (Wildman–Crippen MR) is 90.7 cm³/mol. The minimum absolute atomic E-state index is 0.173. The van der Waals surface area contributed by atoms with Crippen LogP contribution in [-0.4, -0.2) is 29.9 Å².